The number of imidazole rings is 1. The molecule has 1 aromatic carbocycles. The molecule has 0 saturated heterocycles. The zero-order valence-corrected chi connectivity index (χ0v) is 19.6. The number of carbonyl (C=O) groups is 2. The maximum Gasteiger partial charge on any atom is 0.408 e. The Balaban J connectivity index is 1.98. The van der Waals surface area contributed by atoms with Crippen LogP contribution in [-0.2, 0) is 26.9 Å². The Labute approximate surface area is 183 Å². The summed E-state index contributed by atoms with van der Waals surface area (Å²) in [6.07, 6.45) is 4.07. The first-order chi connectivity index (χ1) is 14.5. The zero-order chi connectivity index (χ0) is 23.0. The van der Waals surface area contributed by atoms with E-state index in [1.54, 1.807) is 13.8 Å². The predicted molar refractivity (Wildman–Crippen MR) is 121 cm³/mol. The standard InChI is InChI=1S/C24H33N3O4/c1-8-30-20(28)16(3)12-17-14-19-18(13-15(17)2)25-21(27(19)7)24(10-9-11-24)26-22(29)31-23(4,5)6/h12-14H,8-11H2,1-7H3,(H,26,29). The summed E-state index contributed by atoms with van der Waals surface area (Å²) in [4.78, 5) is 29.4. The van der Waals surface area contributed by atoms with E-state index in [0.29, 0.717) is 12.2 Å². The monoisotopic (exact) mass is 427 g/mol. The van der Waals surface area contributed by atoms with Crippen molar-refractivity contribution in [3.05, 3.63) is 34.7 Å². The van der Waals surface area contributed by atoms with Crippen molar-refractivity contribution in [3.63, 3.8) is 0 Å². The van der Waals surface area contributed by atoms with E-state index >= 15 is 0 Å². The van der Waals surface area contributed by atoms with Crippen LogP contribution in [-0.4, -0.2) is 33.8 Å². The van der Waals surface area contributed by atoms with Crippen molar-refractivity contribution in [3.8, 4) is 0 Å². The lowest BCUT2D eigenvalue weighted by Crippen LogP contribution is -2.53. The molecule has 1 heterocycles. The van der Waals surface area contributed by atoms with Gasteiger partial charge < -0.3 is 19.4 Å². The van der Waals surface area contributed by atoms with Crippen molar-refractivity contribution in [2.75, 3.05) is 6.61 Å². The molecule has 1 fully saturated rings. The predicted octanol–water partition coefficient (Wildman–Crippen LogP) is 4.75. The maximum absolute atomic E-state index is 12.5. The third-order valence-electron chi connectivity index (χ3n) is 5.61. The van der Waals surface area contributed by atoms with Gasteiger partial charge >= 0.3 is 12.1 Å². The Morgan fingerprint density at radius 1 is 1.29 bits per heavy atom. The summed E-state index contributed by atoms with van der Waals surface area (Å²) >= 11 is 0. The van der Waals surface area contributed by atoms with Crippen LogP contribution in [0.4, 0.5) is 4.79 Å². The summed E-state index contributed by atoms with van der Waals surface area (Å²) in [5.41, 5.74) is 3.23. The number of nitrogens with one attached hydrogen (secondary N) is 1. The van der Waals surface area contributed by atoms with E-state index < -0.39 is 17.2 Å². The molecule has 0 radical (unpaired) electrons. The van der Waals surface area contributed by atoms with Gasteiger partial charge in [0.2, 0.25) is 0 Å². The Morgan fingerprint density at radius 2 is 1.97 bits per heavy atom. The lowest BCUT2D eigenvalue weighted by molar-refractivity contribution is -0.138. The van der Waals surface area contributed by atoms with Gasteiger partial charge in [0.15, 0.2) is 0 Å². The highest BCUT2D eigenvalue weighted by molar-refractivity contribution is 5.94. The third-order valence-corrected chi connectivity index (χ3v) is 5.61. The van der Waals surface area contributed by atoms with Gasteiger partial charge in [-0.15, -0.1) is 0 Å². The fourth-order valence-electron chi connectivity index (χ4n) is 3.91. The van der Waals surface area contributed by atoms with Gasteiger partial charge in [0.05, 0.1) is 17.6 Å². The Bertz CT molecular complexity index is 1040. The molecular weight excluding hydrogens is 394 g/mol. The number of hydrogen-bond acceptors (Lipinski definition) is 5. The van der Waals surface area contributed by atoms with E-state index in [2.05, 4.69) is 5.32 Å². The van der Waals surface area contributed by atoms with E-state index in [4.69, 9.17) is 14.5 Å². The molecule has 0 bridgehead atoms. The fourth-order valence-corrected chi connectivity index (χ4v) is 3.91. The fraction of sp³-hybridized carbons (Fsp3) is 0.542. The van der Waals surface area contributed by atoms with Gasteiger partial charge in [-0.05, 0) is 90.1 Å². The van der Waals surface area contributed by atoms with Crippen LogP contribution in [0, 0.1) is 6.92 Å². The minimum atomic E-state index is -0.559. The number of esters is 1. The molecule has 1 amide bonds. The first kappa shape index (κ1) is 22.8. The van der Waals surface area contributed by atoms with Crippen LogP contribution < -0.4 is 5.32 Å². The van der Waals surface area contributed by atoms with Crippen molar-refractivity contribution in [1.29, 1.82) is 0 Å². The smallest absolute Gasteiger partial charge is 0.408 e. The summed E-state index contributed by atoms with van der Waals surface area (Å²) in [6.45, 7) is 11.4. The Hall–Kier alpha value is -2.83. The van der Waals surface area contributed by atoms with Crippen LogP contribution in [0.2, 0.25) is 0 Å². The summed E-state index contributed by atoms with van der Waals surface area (Å²) < 4.78 is 12.6. The highest BCUT2D eigenvalue weighted by atomic mass is 16.6. The van der Waals surface area contributed by atoms with Crippen molar-refractivity contribution < 1.29 is 19.1 Å². The molecule has 3 rings (SSSR count). The van der Waals surface area contributed by atoms with Gasteiger partial charge in [-0.3, -0.25) is 0 Å². The molecule has 1 aromatic heterocycles. The van der Waals surface area contributed by atoms with Gasteiger partial charge in [0.25, 0.3) is 0 Å². The summed E-state index contributed by atoms with van der Waals surface area (Å²) in [5, 5.41) is 3.08. The second kappa shape index (κ2) is 8.36. The Morgan fingerprint density at radius 3 is 2.52 bits per heavy atom. The normalized spacial score (nSPS) is 16.0. The van der Waals surface area contributed by atoms with Gasteiger partial charge in [-0.25, -0.2) is 14.6 Å². The zero-order valence-electron chi connectivity index (χ0n) is 19.6. The molecule has 0 spiro atoms. The number of fused-ring (bicyclic) bond motifs is 1. The Kier molecular flexibility index (Phi) is 6.16. The van der Waals surface area contributed by atoms with Crippen LogP contribution in [0.1, 0.15) is 70.8 Å². The first-order valence-electron chi connectivity index (χ1n) is 10.8. The van der Waals surface area contributed by atoms with E-state index in [1.807, 2.05) is 57.5 Å². The molecule has 7 nitrogen and oxygen atoms in total. The van der Waals surface area contributed by atoms with Crippen molar-refractivity contribution in [2.24, 2.45) is 7.05 Å². The molecule has 0 aliphatic heterocycles. The highest BCUT2D eigenvalue weighted by Crippen LogP contribution is 2.42. The number of nitrogens with zero attached hydrogens (tertiary/aromatic N) is 2. The maximum atomic E-state index is 12.5. The molecule has 1 aliphatic rings. The highest BCUT2D eigenvalue weighted by Gasteiger charge is 2.44. The quantitative estimate of drug-likeness (QED) is 0.550. The lowest BCUT2D eigenvalue weighted by Gasteiger charge is -2.41. The second-order valence-electron chi connectivity index (χ2n) is 9.30. The van der Waals surface area contributed by atoms with Gasteiger partial charge in [0.1, 0.15) is 17.0 Å². The summed E-state index contributed by atoms with van der Waals surface area (Å²) in [6, 6.07) is 4.05. The van der Waals surface area contributed by atoms with E-state index in [0.717, 1.165) is 47.2 Å². The molecule has 31 heavy (non-hydrogen) atoms. The summed E-state index contributed by atoms with van der Waals surface area (Å²) in [7, 11) is 1.96. The van der Waals surface area contributed by atoms with Crippen LogP contribution in [0.5, 0.6) is 0 Å². The van der Waals surface area contributed by atoms with E-state index in [1.165, 1.54) is 0 Å². The van der Waals surface area contributed by atoms with Crippen LogP contribution in [0.15, 0.2) is 17.7 Å². The van der Waals surface area contributed by atoms with Crippen molar-refractivity contribution in [1.82, 2.24) is 14.9 Å². The van der Waals surface area contributed by atoms with Gasteiger partial charge in [-0.1, -0.05) is 0 Å². The third kappa shape index (κ3) is 4.75. The number of hydrogen-bond donors (Lipinski definition) is 1. The van der Waals surface area contributed by atoms with Gasteiger partial charge in [0, 0.05) is 12.6 Å². The van der Waals surface area contributed by atoms with Crippen molar-refractivity contribution >= 4 is 29.2 Å². The average Bonchev–Trinajstić information content (AvgIpc) is 2.93. The SMILES string of the molecule is CCOC(=O)C(C)=Cc1cc2c(cc1C)nc(C1(NC(=O)OC(C)(C)C)CCC1)n2C. The number of ether oxygens (including phenoxy) is 2. The molecular formula is C24H33N3O4. The van der Waals surface area contributed by atoms with Crippen LogP contribution in [0.3, 0.4) is 0 Å². The largest absolute Gasteiger partial charge is 0.463 e. The second-order valence-corrected chi connectivity index (χ2v) is 9.30. The average molecular weight is 428 g/mol. The number of rotatable bonds is 5. The van der Waals surface area contributed by atoms with Gasteiger partial charge in [-0.2, -0.15) is 0 Å². The van der Waals surface area contributed by atoms with E-state index in [9.17, 15) is 9.59 Å². The number of aromatic nitrogens is 2. The number of carbonyl (C=O) groups excluding carboxylic acids is 2. The van der Waals surface area contributed by atoms with E-state index in [-0.39, 0.29) is 5.97 Å². The summed E-state index contributed by atoms with van der Waals surface area (Å²) in [5.74, 6) is 0.505. The first-order valence-corrected chi connectivity index (χ1v) is 10.8. The number of benzene rings is 1. The molecule has 1 aliphatic carbocycles. The molecule has 0 atom stereocenters. The van der Waals surface area contributed by atoms with Crippen molar-refractivity contribution in [2.45, 2.75) is 71.9 Å². The molecule has 1 N–H and O–H groups in total. The molecule has 168 valence electrons. The number of aryl methyl sites for hydroxylation is 2. The van der Waals surface area contributed by atoms with Crippen LogP contribution >= 0.6 is 0 Å². The minimum absolute atomic E-state index is 0.317. The molecule has 7 heteroatoms. The van der Waals surface area contributed by atoms with Crippen LogP contribution in [0.25, 0.3) is 17.1 Å². The topological polar surface area (TPSA) is 82.4 Å². The molecule has 0 unspecified atom stereocenters. The molecule has 1 saturated carbocycles. The minimum Gasteiger partial charge on any atom is -0.463 e. The number of alkyl carbamates (subject to hydrolysis) is 1. The lowest BCUT2D eigenvalue weighted by atomic mass is 9.76. The molecule has 2 aromatic rings. The number of amides is 1.